The maximum atomic E-state index is 12.2. The lowest BCUT2D eigenvalue weighted by atomic mass is 10.1. The van der Waals surface area contributed by atoms with Gasteiger partial charge in [-0.05, 0) is 19.4 Å². The van der Waals surface area contributed by atoms with Crippen LogP contribution in [0.15, 0.2) is 18.2 Å². The minimum atomic E-state index is -0.470. The topological polar surface area (TPSA) is 89.5 Å². The molecule has 19 heavy (non-hydrogen) atoms. The fourth-order valence-electron chi connectivity index (χ4n) is 2.20. The monoisotopic (exact) mass is 285 g/mol. The van der Waals surface area contributed by atoms with Crippen molar-refractivity contribution < 1.29 is 9.72 Å². The lowest BCUT2D eigenvalue weighted by Crippen LogP contribution is -2.32. The van der Waals surface area contributed by atoms with Gasteiger partial charge in [-0.2, -0.15) is 0 Å². The Morgan fingerprint density at radius 3 is 2.74 bits per heavy atom. The number of benzene rings is 1. The summed E-state index contributed by atoms with van der Waals surface area (Å²) in [4.78, 5) is 24.2. The van der Waals surface area contributed by atoms with Crippen LogP contribution in [0.25, 0.3) is 0 Å². The normalized spacial score (nSPS) is 18.0. The first-order valence-corrected chi connectivity index (χ1v) is 5.79. The Balaban J connectivity index is 0.00000180. The lowest BCUT2D eigenvalue weighted by molar-refractivity contribution is -0.385. The standard InChI is InChI=1S/C12H15N3O3.ClH/c1-8-10(3-2-4-11(8)15(17)18)12(16)14-6-5-9(13)7-14;/h2-4,9H,5-7,13H2,1H3;1H/t9-;/m1./s1. The number of nitrogens with zero attached hydrogens (tertiary/aromatic N) is 2. The Morgan fingerprint density at radius 2 is 2.21 bits per heavy atom. The van der Waals surface area contributed by atoms with Gasteiger partial charge >= 0.3 is 0 Å². The van der Waals surface area contributed by atoms with Crippen molar-refractivity contribution in [1.82, 2.24) is 4.90 Å². The molecule has 1 aliphatic rings. The van der Waals surface area contributed by atoms with Gasteiger partial charge in [-0.15, -0.1) is 12.4 Å². The molecular weight excluding hydrogens is 270 g/mol. The number of carbonyl (C=O) groups excluding carboxylic acids is 1. The number of carbonyl (C=O) groups is 1. The number of nitrogens with two attached hydrogens (primary N) is 1. The van der Waals surface area contributed by atoms with Crippen molar-refractivity contribution in [2.75, 3.05) is 13.1 Å². The zero-order valence-electron chi connectivity index (χ0n) is 10.5. The second-order valence-electron chi connectivity index (χ2n) is 4.51. The van der Waals surface area contributed by atoms with Crippen molar-refractivity contribution in [3.05, 3.63) is 39.4 Å². The first-order valence-electron chi connectivity index (χ1n) is 5.79. The molecule has 104 valence electrons. The Hall–Kier alpha value is -1.66. The van der Waals surface area contributed by atoms with E-state index in [1.54, 1.807) is 17.9 Å². The molecule has 6 nitrogen and oxygen atoms in total. The highest BCUT2D eigenvalue weighted by Crippen LogP contribution is 2.23. The van der Waals surface area contributed by atoms with Crippen molar-refractivity contribution >= 4 is 24.0 Å². The second kappa shape index (κ2) is 5.99. The first kappa shape index (κ1) is 15.4. The van der Waals surface area contributed by atoms with Crippen molar-refractivity contribution in [1.29, 1.82) is 0 Å². The summed E-state index contributed by atoms with van der Waals surface area (Å²) in [6, 6.07) is 4.57. The van der Waals surface area contributed by atoms with E-state index in [9.17, 15) is 14.9 Å². The molecule has 2 N–H and O–H groups in total. The number of halogens is 1. The molecule has 0 unspecified atom stereocenters. The summed E-state index contributed by atoms with van der Waals surface area (Å²) in [5, 5.41) is 10.8. The predicted molar refractivity (Wildman–Crippen MR) is 73.6 cm³/mol. The van der Waals surface area contributed by atoms with E-state index in [1.807, 2.05) is 0 Å². The molecule has 1 fully saturated rings. The summed E-state index contributed by atoms with van der Waals surface area (Å²) in [5.74, 6) is -0.177. The van der Waals surface area contributed by atoms with E-state index >= 15 is 0 Å². The van der Waals surface area contributed by atoms with Crippen LogP contribution in [0.1, 0.15) is 22.3 Å². The Kier molecular flexibility index (Phi) is 4.85. The van der Waals surface area contributed by atoms with Gasteiger partial charge in [-0.3, -0.25) is 14.9 Å². The van der Waals surface area contributed by atoms with Crippen LogP contribution in [0.4, 0.5) is 5.69 Å². The molecule has 0 spiro atoms. The highest BCUT2D eigenvalue weighted by atomic mass is 35.5. The molecule has 1 aromatic rings. The molecule has 7 heteroatoms. The first-order chi connectivity index (χ1) is 8.50. The molecule has 1 aromatic carbocycles. The summed E-state index contributed by atoms with van der Waals surface area (Å²) in [5.41, 5.74) is 6.53. The van der Waals surface area contributed by atoms with Gasteiger partial charge < -0.3 is 10.6 Å². The van der Waals surface area contributed by atoms with Crippen LogP contribution < -0.4 is 5.73 Å². The van der Waals surface area contributed by atoms with Crippen LogP contribution in [-0.2, 0) is 0 Å². The Labute approximate surface area is 117 Å². The Morgan fingerprint density at radius 1 is 1.53 bits per heavy atom. The van der Waals surface area contributed by atoms with Gasteiger partial charge in [-0.25, -0.2) is 0 Å². The molecule has 0 bridgehead atoms. The zero-order chi connectivity index (χ0) is 13.3. The number of nitro groups is 1. The van der Waals surface area contributed by atoms with Gasteiger partial charge in [0.2, 0.25) is 0 Å². The Bertz CT molecular complexity index is 507. The van der Waals surface area contributed by atoms with E-state index in [1.165, 1.54) is 12.1 Å². The molecule has 0 saturated carbocycles. The number of nitro benzene ring substituents is 1. The second-order valence-corrected chi connectivity index (χ2v) is 4.51. The fraction of sp³-hybridized carbons (Fsp3) is 0.417. The summed E-state index contributed by atoms with van der Waals surface area (Å²) >= 11 is 0. The number of hydrogen-bond donors (Lipinski definition) is 1. The van der Waals surface area contributed by atoms with Crippen LogP contribution in [0.2, 0.25) is 0 Å². The third-order valence-electron chi connectivity index (χ3n) is 3.24. The average molecular weight is 286 g/mol. The molecule has 1 aliphatic heterocycles. The molecule has 1 heterocycles. The van der Waals surface area contributed by atoms with Crippen molar-refractivity contribution in [2.24, 2.45) is 5.73 Å². The van der Waals surface area contributed by atoms with Crippen LogP contribution in [0.5, 0.6) is 0 Å². The number of likely N-dealkylation sites (tertiary alicyclic amines) is 1. The van der Waals surface area contributed by atoms with Crippen molar-refractivity contribution in [2.45, 2.75) is 19.4 Å². The molecule has 1 atom stereocenters. The highest BCUT2D eigenvalue weighted by Gasteiger charge is 2.27. The van der Waals surface area contributed by atoms with Crippen LogP contribution in [0.3, 0.4) is 0 Å². The van der Waals surface area contributed by atoms with E-state index < -0.39 is 4.92 Å². The predicted octanol–water partition coefficient (Wildman–Crippen LogP) is 1.50. The van der Waals surface area contributed by atoms with Gasteiger partial charge in [0.05, 0.1) is 4.92 Å². The van der Waals surface area contributed by atoms with Gasteiger partial charge in [0.1, 0.15) is 0 Å². The molecule has 1 saturated heterocycles. The minimum Gasteiger partial charge on any atom is -0.337 e. The lowest BCUT2D eigenvalue weighted by Gasteiger charge is -2.16. The molecule has 1 amide bonds. The largest absolute Gasteiger partial charge is 0.337 e. The smallest absolute Gasteiger partial charge is 0.273 e. The number of hydrogen-bond acceptors (Lipinski definition) is 4. The molecular formula is C12H16ClN3O3. The average Bonchev–Trinajstić information content (AvgIpc) is 2.75. The van der Waals surface area contributed by atoms with Crippen molar-refractivity contribution in [3.8, 4) is 0 Å². The van der Waals surface area contributed by atoms with Gasteiger partial charge in [0.15, 0.2) is 0 Å². The third-order valence-corrected chi connectivity index (χ3v) is 3.24. The third kappa shape index (κ3) is 3.02. The van der Waals surface area contributed by atoms with Crippen LogP contribution >= 0.6 is 12.4 Å². The van der Waals surface area contributed by atoms with Gasteiger partial charge in [-0.1, -0.05) is 6.07 Å². The van der Waals surface area contributed by atoms with Gasteiger partial charge in [0.25, 0.3) is 11.6 Å². The maximum absolute atomic E-state index is 12.2. The molecule has 0 aromatic heterocycles. The van der Waals surface area contributed by atoms with E-state index in [4.69, 9.17) is 5.73 Å². The van der Waals surface area contributed by atoms with E-state index in [-0.39, 0.29) is 30.0 Å². The highest BCUT2D eigenvalue weighted by molar-refractivity contribution is 5.96. The molecule has 2 rings (SSSR count). The zero-order valence-corrected chi connectivity index (χ0v) is 11.4. The van der Waals surface area contributed by atoms with Crippen LogP contribution in [0, 0.1) is 17.0 Å². The maximum Gasteiger partial charge on any atom is 0.273 e. The molecule has 0 radical (unpaired) electrons. The summed E-state index contributed by atoms with van der Waals surface area (Å²) in [7, 11) is 0. The summed E-state index contributed by atoms with van der Waals surface area (Å²) < 4.78 is 0. The quantitative estimate of drug-likeness (QED) is 0.658. The number of rotatable bonds is 2. The summed E-state index contributed by atoms with van der Waals surface area (Å²) in [6.45, 7) is 2.73. The minimum absolute atomic E-state index is 0. The number of amides is 1. The van der Waals surface area contributed by atoms with E-state index in [0.29, 0.717) is 24.2 Å². The fourth-order valence-corrected chi connectivity index (χ4v) is 2.20. The SMILES string of the molecule is Cc1c(C(=O)N2CC[C@@H](N)C2)cccc1[N+](=O)[O-].Cl. The van der Waals surface area contributed by atoms with Crippen LogP contribution in [-0.4, -0.2) is 34.9 Å². The van der Waals surface area contributed by atoms with E-state index in [2.05, 4.69) is 0 Å². The van der Waals surface area contributed by atoms with Gasteiger partial charge in [0, 0.05) is 36.3 Å². The van der Waals surface area contributed by atoms with E-state index in [0.717, 1.165) is 6.42 Å². The summed E-state index contributed by atoms with van der Waals surface area (Å²) in [6.07, 6.45) is 0.777. The van der Waals surface area contributed by atoms with Crippen molar-refractivity contribution in [3.63, 3.8) is 0 Å². The molecule has 0 aliphatic carbocycles.